The molecule has 1 aromatic heterocycles. The first-order valence-electron chi connectivity index (χ1n) is 8.30. The first-order chi connectivity index (χ1) is 12.0. The summed E-state index contributed by atoms with van der Waals surface area (Å²) in [6, 6.07) is 7.39. The zero-order chi connectivity index (χ0) is 17.8. The number of carbonyl (C=O) groups is 1. The van der Waals surface area contributed by atoms with Crippen molar-refractivity contribution in [1.82, 2.24) is 14.9 Å². The SMILES string of the molecule is Cc1cc(C)cc(OCC(=O)N2CCN(c3cc(=O)[nH]cn3)CC2)c1. The maximum Gasteiger partial charge on any atom is 0.260 e. The van der Waals surface area contributed by atoms with E-state index in [9.17, 15) is 9.59 Å². The van der Waals surface area contributed by atoms with Crippen molar-refractivity contribution < 1.29 is 9.53 Å². The van der Waals surface area contributed by atoms with Crippen LogP contribution < -0.4 is 15.2 Å². The standard InChI is InChI=1S/C18H22N4O3/c1-13-7-14(2)9-15(8-13)25-11-18(24)22-5-3-21(4-6-22)16-10-17(23)20-12-19-16/h7-10,12H,3-6,11H2,1-2H3,(H,19,20,23). The number of benzene rings is 1. The number of H-pyrrole nitrogens is 1. The van der Waals surface area contributed by atoms with Gasteiger partial charge in [-0.05, 0) is 37.1 Å². The Labute approximate surface area is 146 Å². The van der Waals surface area contributed by atoms with Crippen molar-refractivity contribution in [1.29, 1.82) is 0 Å². The summed E-state index contributed by atoms with van der Waals surface area (Å²) in [7, 11) is 0. The lowest BCUT2D eigenvalue weighted by molar-refractivity contribution is -0.133. The predicted molar refractivity (Wildman–Crippen MR) is 95.1 cm³/mol. The molecule has 2 aromatic rings. The molecule has 0 saturated carbocycles. The molecule has 7 nitrogen and oxygen atoms in total. The molecule has 1 saturated heterocycles. The molecule has 1 amide bonds. The van der Waals surface area contributed by atoms with Gasteiger partial charge in [-0.3, -0.25) is 9.59 Å². The van der Waals surface area contributed by atoms with Gasteiger partial charge in [0.1, 0.15) is 11.6 Å². The number of aryl methyl sites for hydroxylation is 2. The number of nitrogens with zero attached hydrogens (tertiary/aromatic N) is 3. The van der Waals surface area contributed by atoms with Gasteiger partial charge in [-0.1, -0.05) is 6.07 Å². The molecule has 2 heterocycles. The topological polar surface area (TPSA) is 78.5 Å². The molecular weight excluding hydrogens is 320 g/mol. The Balaban J connectivity index is 1.52. The Hall–Kier alpha value is -2.83. The molecule has 1 N–H and O–H groups in total. The number of ether oxygens (including phenoxy) is 1. The van der Waals surface area contributed by atoms with Gasteiger partial charge >= 0.3 is 0 Å². The Kier molecular flexibility index (Phi) is 5.02. The van der Waals surface area contributed by atoms with E-state index in [4.69, 9.17) is 4.74 Å². The number of anilines is 1. The molecular formula is C18H22N4O3. The summed E-state index contributed by atoms with van der Waals surface area (Å²) < 4.78 is 5.65. The minimum Gasteiger partial charge on any atom is -0.484 e. The first-order valence-corrected chi connectivity index (χ1v) is 8.30. The van der Waals surface area contributed by atoms with E-state index < -0.39 is 0 Å². The van der Waals surface area contributed by atoms with Gasteiger partial charge < -0.3 is 19.5 Å². The van der Waals surface area contributed by atoms with Crippen LogP contribution in [0.1, 0.15) is 11.1 Å². The van der Waals surface area contributed by atoms with Crippen LogP contribution in [-0.2, 0) is 4.79 Å². The largest absolute Gasteiger partial charge is 0.484 e. The van der Waals surface area contributed by atoms with Gasteiger partial charge in [0, 0.05) is 32.2 Å². The van der Waals surface area contributed by atoms with E-state index in [0.717, 1.165) is 16.9 Å². The summed E-state index contributed by atoms with van der Waals surface area (Å²) in [5, 5.41) is 0. The number of hydrogen-bond donors (Lipinski definition) is 1. The maximum atomic E-state index is 12.4. The van der Waals surface area contributed by atoms with Gasteiger partial charge in [0.15, 0.2) is 6.61 Å². The summed E-state index contributed by atoms with van der Waals surface area (Å²) in [6.07, 6.45) is 1.40. The van der Waals surface area contributed by atoms with Crippen LogP contribution in [-0.4, -0.2) is 53.6 Å². The molecule has 0 atom stereocenters. The zero-order valence-corrected chi connectivity index (χ0v) is 14.5. The van der Waals surface area contributed by atoms with E-state index >= 15 is 0 Å². The van der Waals surface area contributed by atoms with Crippen molar-refractivity contribution in [3.63, 3.8) is 0 Å². The number of hydrogen-bond acceptors (Lipinski definition) is 5. The van der Waals surface area contributed by atoms with Gasteiger partial charge in [0.25, 0.3) is 11.5 Å². The summed E-state index contributed by atoms with van der Waals surface area (Å²) in [6.45, 7) is 6.50. The van der Waals surface area contributed by atoms with Gasteiger partial charge in [-0.15, -0.1) is 0 Å². The fourth-order valence-corrected chi connectivity index (χ4v) is 2.97. The van der Waals surface area contributed by atoms with Crippen LogP contribution in [0.25, 0.3) is 0 Å². The normalized spacial score (nSPS) is 14.5. The van der Waals surface area contributed by atoms with E-state index in [1.807, 2.05) is 30.9 Å². The minimum atomic E-state index is -0.176. The van der Waals surface area contributed by atoms with Crippen molar-refractivity contribution in [2.75, 3.05) is 37.7 Å². The van der Waals surface area contributed by atoms with Crippen LogP contribution in [0, 0.1) is 13.8 Å². The summed E-state index contributed by atoms with van der Waals surface area (Å²) in [5.74, 6) is 1.33. The highest BCUT2D eigenvalue weighted by Gasteiger charge is 2.22. The second kappa shape index (κ2) is 7.38. The van der Waals surface area contributed by atoms with Crippen LogP contribution in [0.4, 0.5) is 5.82 Å². The zero-order valence-electron chi connectivity index (χ0n) is 14.5. The van der Waals surface area contributed by atoms with Crippen LogP contribution in [0.2, 0.25) is 0 Å². The summed E-state index contributed by atoms with van der Waals surface area (Å²) in [5.41, 5.74) is 2.05. The van der Waals surface area contributed by atoms with Crippen LogP contribution in [0.15, 0.2) is 35.4 Å². The fraction of sp³-hybridized carbons (Fsp3) is 0.389. The van der Waals surface area contributed by atoms with Gasteiger partial charge in [0.05, 0.1) is 6.33 Å². The smallest absolute Gasteiger partial charge is 0.260 e. The molecule has 1 fully saturated rings. The molecule has 3 rings (SSSR count). The van der Waals surface area contributed by atoms with E-state index in [2.05, 4.69) is 16.0 Å². The van der Waals surface area contributed by atoms with Crippen molar-refractivity contribution in [3.05, 3.63) is 52.1 Å². The molecule has 0 radical (unpaired) electrons. The van der Waals surface area contributed by atoms with E-state index in [-0.39, 0.29) is 18.1 Å². The quantitative estimate of drug-likeness (QED) is 0.901. The summed E-state index contributed by atoms with van der Waals surface area (Å²) in [4.78, 5) is 34.2. The highest BCUT2D eigenvalue weighted by Crippen LogP contribution is 2.16. The Bertz CT molecular complexity index is 790. The third-order valence-electron chi connectivity index (χ3n) is 4.18. The van der Waals surface area contributed by atoms with E-state index in [0.29, 0.717) is 32.0 Å². The Morgan fingerprint density at radius 3 is 2.44 bits per heavy atom. The molecule has 1 aliphatic rings. The monoisotopic (exact) mass is 342 g/mol. The van der Waals surface area contributed by atoms with E-state index in [1.165, 1.54) is 12.4 Å². The lowest BCUT2D eigenvalue weighted by Gasteiger charge is -2.35. The number of nitrogens with one attached hydrogen (secondary N) is 1. The molecule has 25 heavy (non-hydrogen) atoms. The van der Waals surface area contributed by atoms with Crippen LogP contribution in [0.3, 0.4) is 0 Å². The van der Waals surface area contributed by atoms with Gasteiger partial charge in [-0.25, -0.2) is 4.98 Å². The third kappa shape index (κ3) is 4.37. The first kappa shape index (κ1) is 17.0. The number of aromatic nitrogens is 2. The molecule has 7 heteroatoms. The van der Waals surface area contributed by atoms with Crippen molar-refractivity contribution >= 4 is 11.7 Å². The highest BCUT2D eigenvalue weighted by molar-refractivity contribution is 5.78. The van der Waals surface area contributed by atoms with Gasteiger partial charge in [0.2, 0.25) is 0 Å². The molecule has 0 aliphatic carbocycles. The Morgan fingerprint density at radius 2 is 1.80 bits per heavy atom. The van der Waals surface area contributed by atoms with Crippen molar-refractivity contribution in [2.45, 2.75) is 13.8 Å². The lowest BCUT2D eigenvalue weighted by atomic mass is 10.1. The predicted octanol–water partition coefficient (Wildman–Crippen LogP) is 1.11. The average molecular weight is 342 g/mol. The fourth-order valence-electron chi connectivity index (χ4n) is 2.97. The molecule has 0 bridgehead atoms. The van der Waals surface area contributed by atoms with Crippen LogP contribution >= 0.6 is 0 Å². The molecule has 1 aromatic carbocycles. The summed E-state index contributed by atoms with van der Waals surface area (Å²) >= 11 is 0. The molecule has 0 spiro atoms. The maximum absolute atomic E-state index is 12.4. The molecule has 1 aliphatic heterocycles. The number of aromatic amines is 1. The number of amides is 1. The second-order valence-electron chi connectivity index (χ2n) is 6.25. The minimum absolute atomic E-state index is 0.0299. The molecule has 0 unspecified atom stereocenters. The van der Waals surface area contributed by atoms with Crippen LogP contribution in [0.5, 0.6) is 5.75 Å². The number of piperazine rings is 1. The van der Waals surface area contributed by atoms with Gasteiger partial charge in [-0.2, -0.15) is 0 Å². The van der Waals surface area contributed by atoms with E-state index in [1.54, 1.807) is 4.90 Å². The average Bonchev–Trinajstić information content (AvgIpc) is 2.59. The number of carbonyl (C=O) groups excluding carboxylic acids is 1. The van der Waals surface area contributed by atoms with Crippen molar-refractivity contribution in [2.24, 2.45) is 0 Å². The number of rotatable bonds is 4. The third-order valence-corrected chi connectivity index (χ3v) is 4.18. The van der Waals surface area contributed by atoms with Crippen molar-refractivity contribution in [3.8, 4) is 5.75 Å². The lowest BCUT2D eigenvalue weighted by Crippen LogP contribution is -2.50. The Morgan fingerprint density at radius 1 is 1.12 bits per heavy atom. The highest BCUT2D eigenvalue weighted by atomic mass is 16.5. The molecule has 132 valence electrons. The second-order valence-corrected chi connectivity index (χ2v) is 6.25.